The Balaban J connectivity index is 1.43. The van der Waals surface area contributed by atoms with E-state index in [0.717, 1.165) is 25.8 Å². The maximum absolute atomic E-state index is 12.5. The minimum atomic E-state index is -0.00317. The number of rotatable bonds is 5. The predicted octanol–water partition coefficient (Wildman–Crippen LogP) is 4.80. The summed E-state index contributed by atoms with van der Waals surface area (Å²) in [5.41, 5.74) is 5.21. The number of nitrogens with one attached hydrogen (secondary N) is 3. The van der Waals surface area contributed by atoms with Gasteiger partial charge >= 0.3 is 6.03 Å². The van der Waals surface area contributed by atoms with E-state index in [-0.39, 0.29) is 18.0 Å². The molecule has 1 unspecified atom stereocenters. The fourth-order valence-electron chi connectivity index (χ4n) is 4.99. The van der Waals surface area contributed by atoms with E-state index in [1.54, 1.807) is 0 Å². The summed E-state index contributed by atoms with van der Waals surface area (Å²) in [4.78, 5) is 12.5. The van der Waals surface area contributed by atoms with Crippen LogP contribution in [0.15, 0.2) is 48.5 Å². The van der Waals surface area contributed by atoms with Crippen LogP contribution in [0.25, 0.3) is 0 Å². The Morgan fingerprint density at radius 1 is 0.833 bits per heavy atom. The van der Waals surface area contributed by atoms with Crippen LogP contribution in [-0.2, 0) is 0 Å². The fourth-order valence-corrected chi connectivity index (χ4v) is 4.99. The lowest BCUT2D eigenvalue weighted by molar-refractivity contribution is 0.229. The van der Waals surface area contributed by atoms with Crippen molar-refractivity contribution in [1.82, 2.24) is 16.0 Å². The normalized spacial score (nSPS) is 22.2. The van der Waals surface area contributed by atoms with Gasteiger partial charge in [-0.3, -0.25) is 0 Å². The maximum atomic E-state index is 12.5. The van der Waals surface area contributed by atoms with Crippen molar-refractivity contribution < 1.29 is 4.79 Å². The second-order valence-corrected chi connectivity index (χ2v) is 9.20. The highest BCUT2D eigenvalue weighted by Crippen LogP contribution is 2.32. The van der Waals surface area contributed by atoms with Gasteiger partial charge in [-0.05, 0) is 44.2 Å². The molecule has 1 saturated heterocycles. The van der Waals surface area contributed by atoms with Gasteiger partial charge in [0.1, 0.15) is 0 Å². The van der Waals surface area contributed by atoms with Crippen molar-refractivity contribution >= 4 is 6.03 Å². The van der Waals surface area contributed by atoms with Gasteiger partial charge in [-0.25, -0.2) is 4.79 Å². The number of aryl methyl sites for hydroxylation is 2. The summed E-state index contributed by atoms with van der Waals surface area (Å²) in [6, 6.07) is 18.6. The van der Waals surface area contributed by atoms with Crippen molar-refractivity contribution in [3.05, 3.63) is 70.8 Å². The number of hydrogen-bond donors (Lipinski definition) is 3. The third kappa shape index (κ3) is 5.23. The topological polar surface area (TPSA) is 53.2 Å². The van der Waals surface area contributed by atoms with Gasteiger partial charge < -0.3 is 16.0 Å². The first kappa shape index (κ1) is 20.9. The van der Waals surface area contributed by atoms with Gasteiger partial charge in [0, 0.05) is 30.6 Å². The molecule has 1 heterocycles. The molecule has 160 valence electrons. The molecule has 0 spiro atoms. The Labute approximate surface area is 180 Å². The lowest BCUT2D eigenvalue weighted by Crippen LogP contribution is -2.47. The van der Waals surface area contributed by atoms with Crippen LogP contribution in [0.1, 0.15) is 66.7 Å². The van der Waals surface area contributed by atoms with Crippen molar-refractivity contribution in [2.75, 3.05) is 6.54 Å². The highest BCUT2D eigenvalue weighted by molar-refractivity contribution is 5.74. The van der Waals surface area contributed by atoms with E-state index in [9.17, 15) is 4.79 Å². The van der Waals surface area contributed by atoms with Gasteiger partial charge in [0.2, 0.25) is 0 Å². The molecule has 2 fully saturated rings. The Hall–Kier alpha value is -2.33. The molecule has 1 aliphatic carbocycles. The molecule has 4 nitrogen and oxygen atoms in total. The van der Waals surface area contributed by atoms with Crippen LogP contribution in [0.2, 0.25) is 0 Å². The standard InChI is InChI=1S/C26H35N3O/c1-18-8-12-20(13-9-18)25(21-14-10-19(2)11-15-21)24-16-23(17-27-24)29-26(30)28-22-6-4-3-5-7-22/h8-15,22-25,27H,3-7,16-17H2,1-2H3,(H2,28,29,30)/t23-,24?/m1/s1. The molecule has 1 saturated carbocycles. The van der Waals surface area contributed by atoms with E-state index in [1.165, 1.54) is 41.5 Å². The van der Waals surface area contributed by atoms with Gasteiger partial charge in [0.25, 0.3) is 0 Å². The number of carbonyl (C=O) groups excluding carboxylic acids is 1. The molecule has 3 N–H and O–H groups in total. The largest absolute Gasteiger partial charge is 0.335 e. The summed E-state index contributed by atoms with van der Waals surface area (Å²) >= 11 is 0. The minimum Gasteiger partial charge on any atom is -0.335 e. The molecule has 2 amide bonds. The fraction of sp³-hybridized carbons (Fsp3) is 0.500. The third-order valence-corrected chi connectivity index (χ3v) is 6.72. The quantitative estimate of drug-likeness (QED) is 0.669. The van der Waals surface area contributed by atoms with Gasteiger partial charge in [-0.1, -0.05) is 78.9 Å². The average molecular weight is 406 g/mol. The van der Waals surface area contributed by atoms with Crippen molar-refractivity contribution in [3.8, 4) is 0 Å². The third-order valence-electron chi connectivity index (χ3n) is 6.72. The zero-order chi connectivity index (χ0) is 20.9. The number of urea groups is 1. The summed E-state index contributed by atoms with van der Waals surface area (Å²) < 4.78 is 0. The summed E-state index contributed by atoms with van der Waals surface area (Å²) in [6.45, 7) is 5.07. The van der Waals surface area contributed by atoms with Gasteiger partial charge in [-0.15, -0.1) is 0 Å². The molecule has 0 bridgehead atoms. The van der Waals surface area contributed by atoms with E-state index < -0.39 is 0 Å². The van der Waals surface area contributed by atoms with Crippen LogP contribution in [0.5, 0.6) is 0 Å². The van der Waals surface area contributed by atoms with E-state index in [2.05, 4.69) is 78.3 Å². The van der Waals surface area contributed by atoms with Crippen LogP contribution in [0.4, 0.5) is 4.79 Å². The van der Waals surface area contributed by atoms with Crippen molar-refractivity contribution in [1.29, 1.82) is 0 Å². The Morgan fingerprint density at radius 2 is 1.37 bits per heavy atom. The molecular weight excluding hydrogens is 370 g/mol. The second kappa shape index (κ2) is 9.65. The van der Waals surface area contributed by atoms with Crippen LogP contribution in [-0.4, -0.2) is 30.7 Å². The van der Waals surface area contributed by atoms with Gasteiger partial charge in [-0.2, -0.15) is 0 Å². The molecule has 0 aromatic heterocycles. The van der Waals surface area contributed by atoms with Crippen molar-refractivity contribution in [2.45, 2.75) is 76.4 Å². The van der Waals surface area contributed by atoms with Crippen LogP contribution >= 0.6 is 0 Å². The van der Waals surface area contributed by atoms with Crippen LogP contribution in [0, 0.1) is 13.8 Å². The SMILES string of the molecule is Cc1ccc(C(c2ccc(C)cc2)C2C[C@@H](NC(=O)NC3CCCCC3)CN2)cc1. The van der Waals surface area contributed by atoms with Crippen molar-refractivity contribution in [3.63, 3.8) is 0 Å². The van der Waals surface area contributed by atoms with Crippen molar-refractivity contribution in [2.24, 2.45) is 0 Å². The molecule has 1 aliphatic heterocycles. The molecular formula is C26H35N3O. The highest BCUT2D eigenvalue weighted by Gasteiger charge is 2.33. The molecule has 4 rings (SSSR count). The Kier molecular flexibility index (Phi) is 6.73. The molecule has 2 aliphatic rings. The summed E-state index contributed by atoms with van der Waals surface area (Å²) in [7, 11) is 0. The first-order valence-electron chi connectivity index (χ1n) is 11.5. The Bertz CT molecular complexity index is 779. The molecule has 4 heteroatoms. The number of amides is 2. The number of carbonyl (C=O) groups is 1. The molecule has 0 radical (unpaired) electrons. The first-order valence-corrected chi connectivity index (χ1v) is 11.5. The van der Waals surface area contributed by atoms with E-state index in [4.69, 9.17) is 0 Å². The summed E-state index contributed by atoms with van der Waals surface area (Å²) in [5, 5.41) is 10.1. The maximum Gasteiger partial charge on any atom is 0.315 e. The van der Waals surface area contributed by atoms with E-state index >= 15 is 0 Å². The average Bonchev–Trinajstić information content (AvgIpc) is 3.19. The number of benzene rings is 2. The van der Waals surface area contributed by atoms with Gasteiger partial charge in [0.05, 0.1) is 0 Å². The highest BCUT2D eigenvalue weighted by atomic mass is 16.2. The zero-order valence-corrected chi connectivity index (χ0v) is 18.3. The smallest absolute Gasteiger partial charge is 0.315 e. The van der Waals surface area contributed by atoms with Crippen LogP contribution in [0.3, 0.4) is 0 Å². The lowest BCUT2D eigenvalue weighted by Gasteiger charge is -2.26. The summed E-state index contributed by atoms with van der Waals surface area (Å²) in [6.07, 6.45) is 6.92. The molecule has 2 atom stereocenters. The van der Waals surface area contributed by atoms with Gasteiger partial charge in [0.15, 0.2) is 0 Å². The molecule has 30 heavy (non-hydrogen) atoms. The van der Waals surface area contributed by atoms with E-state index in [0.29, 0.717) is 12.1 Å². The zero-order valence-electron chi connectivity index (χ0n) is 18.3. The Morgan fingerprint density at radius 3 is 1.93 bits per heavy atom. The molecule has 2 aromatic rings. The second-order valence-electron chi connectivity index (χ2n) is 9.20. The van der Waals surface area contributed by atoms with E-state index in [1.807, 2.05) is 0 Å². The molecule has 2 aromatic carbocycles. The van der Waals surface area contributed by atoms with Crippen LogP contribution < -0.4 is 16.0 Å². The monoisotopic (exact) mass is 405 g/mol. The predicted molar refractivity (Wildman–Crippen MR) is 123 cm³/mol. The lowest BCUT2D eigenvalue weighted by atomic mass is 9.83. The summed E-state index contributed by atoms with van der Waals surface area (Å²) in [5.74, 6) is 0.277. The first-order chi connectivity index (χ1) is 14.6. The number of hydrogen-bond acceptors (Lipinski definition) is 2. The minimum absolute atomic E-state index is 0.00317.